The second-order valence-electron chi connectivity index (χ2n) is 4.95. The fourth-order valence-corrected chi connectivity index (χ4v) is 2.35. The molecule has 2 heterocycles. The predicted octanol–water partition coefficient (Wildman–Crippen LogP) is 3.55. The van der Waals surface area contributed by atoms with Crippen LogP contribution in [0.15, 0.2) is 27.1 Å². The van der Waals surface area contributed by atoms with Gasteiger partial charge in [0, 0.05) is 6.42 Å². The number of aromatic nitrogens is 1. The van der Waals surface area contributed by atoms with Gasteiger partial charge >= 0.3 is 0 Å². The summed E-state index contributed by atoms with van der Waals surface area (Å²) >= 11 is 1.59. The fourth-order valence-electron chi connectivity index (χ4n) is 1.70. The van der Waals surface area contributed by atoms with Crippen molar-refractivity contribution in [2.45, 2.75) is 33.8 Å². The summed E-state index contributed by atoms with van der Waals surface area (Å²) in [6, 6.07) is 3.94. The molecule has 0 bridgehead atoms. The van der Waals surface area contributed by atoms with Crippen LogP contribution in [0.4, 0.5) is 0 Å². The van der Waals surface area contributed by atoms with Crippen LogP contribution in [-0.4, -0.2) is 10.8 Å². The summed E-state index contributed by atoms with van der Waals surface area (Å²) in [7, 11) is 0. The van der Waals surface area contributed by atoms with E-state index < -0.39 is 0 Å². The quantitative estimate of drug-likeness (QED) is 0.502. The van der Waals surface area contributed by atoms with E-state index in [2.05, 4.69) is 24.0 Å². The van der Waals surface area contributed by atoms with Crippen LogP contribution in [0.5, 0.6) is 0 Å². The predicted molar refractivity (Wildman–Crippen MR) is 80.4 cm³/mol. The second kappa shape index (κ2) is 6.56. The van der Waals surface area contributed by atoms with Crippen molar-refractivity contribution in [3.05, 3.63) is 29.0 Å². The monoisotopic (exact) mass is 293 g/mol. The average Bonchev–Trinajstić information content (AvgIpc) is 2.98. The molecule has 108 valence electrons. The molecule has 0 aliphatic carbocycles. The maximum Gasteiger partial charge on any atom is 0.236 e. The molecule has 2 N–H and O–H groups in total. The molecule has 2 aromatic rings. The van der Waals surface area contributed by atoms with Crippen LogP contribution < -0.4 is 5.73 Å². The lowest BCUT2D eigenvalue weighted by molar-refractivity contribution is 0.126. The first kappa shape index (κ1) is 14.6. The lowest BCUT2D eigenvalue weighted by Crippen LogP contribution is -2.14. The van der Waals surface area contributed by atoms with Crippen LogP contribution in [0, 0.1) is 12.8 Å². The third-order valence-electron chi connectivity index (χ3n) is 2.63. The van der Waals surface area contributed by atoms with Crippen molar-refractivity contribution in [2.24, 2.45) is 16.8 Å². The van der Waals surface area contributed by atoms with Crippen LogP contribution in [0.25, 0.3) is 10.8 Å². The van der Waals surface area contributed by atoms with E-state index in [9.17, 15) is 0 Å². The molecule has 2 rings (SSSR count). The number of amidine groups is 1. The summed E-state index contributed by atoms with van der Waals surface area (Å²) in [6.45, 7) is 6.29. The van der Waals surface area contributed by atoms with Gasteiger partial charge in [0.1, 0.15) is 17.3 Å². The third-order valence-corrected chi connectivity index (χ3v) is 3.48. The summed E-state index contributed by atoms with van der Waals surface area (Å²) in [6.07, 6.45) is 0.720. The molecule has 0 radical (unpaired) electrons. The summed E-state index contributed by atoms with van der Waals surface area (Å²) in [5, 5.41) is 5.88. The molecule has 0 amide bonds. The van der Waals surface area contributed by atoms with Crippen LogP contribution >= 0.6 is 11.3 Å². The highest BCUT2D eigenvalue weighted by Gasteiger charge is 2.12. The zero-order valence-electron chi connectivity index (χ0n) is 11.9. The first-order chi connectivity index (χ1) is 9.56. The van der Waals surface area contributed by atoms with E-state index in [1.54, 1.807) is 11.3 Å². The Morgan fingerprint density at radius 1 is 1.55 bits per heavy atom. The van der Waals surface area contributed by atoms with Crippen molar-refractivity contribution < 1.29 is 9.25 Å². The number of oxazole rings is 1. The molecule has 2 aromatic heterocycles. The number of hydrogen-bond donors (Lipinski definition) is 1. The molecule has 0 saturated carbocycles. The van der Waals surface area contributed by atoms with Crippen LogP contribution in [0.3, 0.4) is 0 Å². The Kier molecular flexibility index (Phi) is 4.79. The standard InChI is InChI=1S/C14H19N3O2S/c1-9(2)7-13(15)17-18-8-11-10(3)19-14(16-11)12-5-4-6-20-12/h4-6,9H,7-8H2,1-3H3,(H2,15,17). The average molecular weight is 293 g/mol. The van der Waals surface area contributed by atoms with Crippen LogP contribution in [0.1, 0.15) is 31.7 Å². The highest BCUT2D eigenvalue weighted by molar-refractivity contribution is 7.13. The summed E-state index contributed by atoms with van der Waals surface area (Å²) < 4.78 is 5.62. The van der Waals surface area contributed by atoms with Crippen molar-refractivity contribution in [3.8, 4) is 10.8 Å². The molecule has 0 aromatic carbocycles. The number of nitrogens with two attached hydrogens (primary N) is 1. The summed E-state index contributed by atoms with van der Waals surface area (Å²) in [5.41, 5.74) is 6.49. The van der Waals surface area contributed by atoms with Crippen LogP contribution in [0.2, 0.25) is 0 Å². The van der Waals surface area contributed by atoms with Crippen molar-refractivity contribution in [1.82, 2.24) is 4.98 Å². The number of hydrogen-bond acceptors (Lipinski definition) is 5. The largest absolute Gasteiger partial charge is 0.440 e. The molecule has 0 atom stereocenters. The van der Waals surface area contributed by atoms with E-state index in [0.29, 0.717) is 17.6 Å². The lowest BCUT2D eigenvalue weighted by Gasteiger charge is -2.03. The third kappa shape index (κ3) is 3.84. The minimum Gasteiger partial charge on any atom is -0.440 e. The molecule has 6 heteroatoms. The van der Waals surface area contributed by atoms with E-state index in [-0.39, 0.29) is 6.61 Å². The Hall–Kier alpha value is -1.82. The molecule has 0 aliphatic rings. The fraction of sp³-hybridized carbons (Fsp3) is 0.429. The zero-order chi connectivity index (χ0) is 14.5. The Balaban J connectivity index is 1.97. The smallest absolute Gasteiger partial charge is 0.236 e. The molecular formula is C14H19N3O2S. The Morgan fingerprint density at radius 3 is 3.00 bits per heavy atom. The van der Waals surface area contributed by atoms with Crippen LogP contribution in [-0.2, 0) is 11.4 Å². The van der Waals surface area contributed by atoms with Gasteiger partial charge in [-0.25, -0.2) is 4.98 Å². The van der Waals surface area contributed by atoms with E-state index in [1.807, 2.05) is 24.4 Å². The van der Waals surface area contributed by atoms with Crippen molar-refractivity contribution in [1.29, 1.82) is 0 Å². The van der Waals surface area contributed by atoms with Gasteiger partial charge in [0.15, 0.2) is 6.61 Å². The molecule has 0 saturated heterocycles. The van der Waals surface area contributed by atoms with E-state index >= 15 is 0 Å². The molecular weight excluding hydrogens is 274 g/mol. The molecule has 20 heavy (non-hydrogen) atoms. The number of rotatable bonds is 6. The molecule has 0 fully saturated rings. The highest BCUT2D eigenvalue weighted by atomic mass is 32.1. The van der Waals surface area contributed by atoms with Gasteiger partial charge in [0.2, 0.25) is 5.89 Å². The van der Waals surface area contributed by atoms with E-state index in [4.69, 9.17) is 15.0 Å². The molecule has 0 unspecified atom stereocenters. The van der Waals surface area contributed by atoms with Gasteiger partial charge in [-0.05, 0) is 24.3 Å². The van der Waals surface area contributed by atoms with Crippen molar-refractivity contribution in [2.75, 3.05) is 0 Å². The Bertz CT molecular complexity index is 573. The number of nitrogens with zero attached hydrogens (tertiary/aromatic N) is 2. The van der Waals surface area contributed by atoms with Gasteiger partial charge in [-0.1, -0.05) is 25.1 Å². The Labute approximate surface area is 122 Å². The topological polar surface area (TPSA) is 73.6 Å². The van der Waals surface area contributed by atoms with E-state index in [0.717, 1.165) is 22.8 Å². The van der Waals surface area contributed by atoms with Gasteiger partial charge in [0.25, 0.3) is 0 Å². The molecule has 0 aliphatic heterocycles. The SMILES string of the molecule is Cc1oc(-c2cccs2)nc1CO/N=C(\N)CC(C)C. The van der Waals surface area contributed by atoms with E-state index in [1.165, 1.54) is 0 Å². The van der Waals surface area contributed by atoms with Gasteiger partial charge < -0.3 is 15.0 Å². The van der Waals surface area contributed by atoms with Crippen molar-refractivity contribution >= 4 is 17.2 Å². The second-order valence-corrected chi connectivity index (χ2v) is 5.90. The van der Waals surface area contributed by atoms with Gasteiger partial charge in [-0.3, -0.25) is 0 Å². The zero-order valence-corrected chi connectivity index (χ0v) is 12.7. The number of thiophene rings is 1. The molecule has 0 spiro atoms. The lowest BCUT2D eigenvalue weighted by atomic mass is 10.1. The number of aryl methyl sites for hydroxylation is 1. The maximum absolute atomic E-state index is 5.74. The minimum atomic E-state index is 0.263. The van der Waals surface area contributed by atoms with Gasteiger partial charge in [-0.2, -0.15) is 0 Å². The highest BCUT2D eigenvalue weighted by Crippen LogP contribution is 2.26. The summed E-state index contributed by atoms with van der Waals surface area (Å²) in [4.78, 5) is 10.7. The number of oxime groups is 1. The Morgan fingerprint density at radius 2 is 2.35 bits per heavy atom. The normalized spacial score (nSPS) is 12.1. The molecule has 5 nitrogen and oxygen atoms in total. The first-order valence-electron chi connectivity index (χ1n) is 6.50. The van der Waals surface area contributed by atoms with Gasteiger partial charge in [-0.15, -0.1) is 11.3 Å². The first-order valence-corrected chi connectivity index (χ1v) is 7.38. The van der Waals surface area contributed by atoms with Gasteiger partial charge in [0.05, 0.1) is 4.88 Å². The maximum atomic E-state index is 5.74. The minimum absolute atomic E-state index is 0.263. The summed E-state index contributed by atoms with van der Waals surface area (Å²) in [5.74, 6) is 2.32. The van der Waals surface area contributed by atoms with Crippen molar-refractivity contribution in [3.63, 3.8) is 0 Å².